The molecule has 0 aliphatic carbocycles. The number of aliphatic imine (C=N–C) groups is 1. The van der Waals surface area contributed by atoms with Crippen LogP contribution in [-0.4, -0.2) is 62.1 Å². The topological polar surface area (TPSA) is 60.0 Å². The molecule has 1 aromatic rings. The fourth-order valence-corrected chi connectivity index (χ4v) is 2.90. The molecule has 0 saturated carbocycles. The Morgan fingerprint density at radius 2 is 1.81 bits per heavy atom. The van der Waals surface area contributed by atoms with Gasteiger partial charge in [-0.2, -0.15) is 0 Å². The lowest BCUT2D eigenvalue weighted by Gasteiger charge is -2.37. The van der Waals surface area contributed by atoms with Gasteiger partial charge in [-0.3, -0.25) is 9.79 Å². The summed E-state index contributed by atoms with van der Waals surface area (Å²) < 4.78 is 0. The summed E-state index contributed by atoms with van der Waals surface area (Å²) >= 11 is 0. The number of hydrogen-bond acceptors (Lipinski definition) is 3. The molecular weight excluding hydrogens is 441 g/mol. The van der Waals surface area contributed by atoms with Gasteiger partial charge in [-0.25, -0.2) is 0 Å². The minimum atomic E-state index is 0. The van der Waals surface area contributed by atoms with Crippen LogP contribution in [0.2, 0.25) is 0 Å². The minimum Gasteiger partial charge on any atom is -0.368 e. The van der Waals surface area contributed by atoms with Crippen LogP contribution in [-0.2, 0) is 4.79 Å². The minimum absolute atomic E-state index is 0. The van der Waals surface area contributed by atoms with E-state index >= 15 is 0 Å². The predicted octanol–water partition coefficient (Wildman–Crippen LogP) is 2.31. The van der Waals surface area contributed by atoms with Gasteiger partial charge in [-0.15, -0.1) is 24.0 Å². The normalized spacial score (nSPS) is 14.8. The number of amides is 1. The van der Waals surface area contributed by atoms with Crippen LogP contribution in [0.4, 0.5) is 5.69 Å². The van der Waals surface area contributed by atoms with Crippen molar-refractivity contribution in [2.75, 3.05) is 44.2 Å². The van der Waals surface area contributed by atoms with Crippen LogP contribution in [0.25, 0.3) is 0 Å². The van der Waals surface area contributed by atoms with Crippen LogP contribution < -0.4 is 15.5 Å². The van der Waals surface area contributed by atoms with E-state index in [0.29, 0.717) is 13.0 Å². The molecular formula is C19H32IN5O. The summed E-state index contributed by atoms with van der Waals surface area (Å²) in [5.74, 6) is 0.969. The monoisotopic (exact) mass is 473 g/mol. The van der Waals surface area contributed by atoms with E-state index in [1.54, 1.807) is 0 Å². The van der Waals surface area contributed by atoms with Gasteiger partial charge >= 0.3 is 0 Å². The van der Waals surface area contributed by atoms with Gasteiger partial charge in [0.05, 0.1) is 6.54 Å². The van der Waals surface area contributed by atoms with Crippen molar-refractivity contribution in [3.8, 4) is 0 Å². The number of para-hydroxylation sites is 1. The maximum Gasteiger partial charge on any atom is 0.222 e. The first-order valence-corrected chi connectivity index (χ1v) is 9.22. The van der Waals surface area contributed by atoms with Crippen molar-refractivity contribution in [3.05, 3.63) is 30.3 Å². The predicted molar refractivity (Wildman–Crippen MR) is 120 cm³/mol. The molecule has 1 amide bonds. The van der Waals surface area contributed by atoms with Gasteiger partial charge in [-0.05, 0) is 32.9 Å². The Morgan fingerprint density at radius 3 is 2.38 bits per heavy atom. The third-order valence-corrected chi connectivity index (χ3v) is 4.09. The molecule has 1 aliphatic heterocycles. The molecule has 0 aromatic heterocycles. The third kappa shape index (κ3) is 7.39. The summed E-state index contributed by atoms with van der Waals surface area (Å²) in [6.07, 6.45) is 0.428. The van der Waals surface area contributed by atoms with Gasteiger partial charge in [-0.1, -0.05) is 18.2 Å². The molecule has 0 bridgehead atoms. The second kappa shape index (κ2) is 12.0. The number of halogens is 1. The number of guanidine groups is 1. The molecule has 0 unspecified atom stereocenters. The van der Waals surface area contributed by atoms with Gasteiger partial charge in [0.2, 0.25) is 5.91 Å². The van der Waals surface area contributed by atoms with Crippen molar-refractivity contribution in [2.24, 2.45) is 4.99 Å². The molecule has 6 nitrogen and oxygen atoms in total. The summed E-state index contributed by atoms with van der Waals surface area (Å²) in [7, 11) is 0. The Bertz CT molecular complexity index is 556. The van der Waals surface area contributed by atoms with Crippen LogP contribution in [0, 0.1) is 0 Å². The highest BCUT2D eigenvalue weighted by Gasteiger charge is 2.19. The number of hydrogen-bond donors (Lipinski definition) is 2. The van der Waals surface area contributed by atoms with Gasteiger partial charge < -0.3 is 20.4 Å². The number of piperazine rings is 1. The molecule has 2 N–H and O–H groups in total. The number of nitrogens with one attached hydrogen (secondary N) is 2. The third-order valence-electron chi connectivity index (χ3n) is 4.09. The lowest BCUT2D eigenvalue weighted by Crippen LogP contribution is -2.52. The number of anilines is 1. The highest BCUT2D eigenvalue weighted by molar-refractivity contribution is 14.0. The summed E-state index contributed by atoms with van der Waals surface area (Å²) in [5, 5.41) is 6.25. The first kappa shape index (κ1) is 22.5. The number of nitrogens with zero attached hydrogens (tertiary/aromatic N) is 3. The summed E-state index contributed by atoms with van der Waals surface area (Å²) in [6.45, 7) is 11.2. The molecule has 1 fully saturated rings. The van der Waals surface area contributed by atoms with Crippen molar-refractivity contribution in [2.45, 2.75) is 33.2 Å². The second-order valence-electron chi connectivity index (χ2n) is 6.52. The number of rotatable bonds is 6. The molecule has 0 spiro atoms. The zero-order chi connectivity index (χ0) is 18.1. The molecule has 0 atom stereocenters. The van der Waals surface area contributed by atoms with E-state index in [4.69, 9.17) is 0 Å². The fraction of sp³-hybridized carbons (Fsp3) is 0.579. The van der Waals surface area contributed by atoms with E-state index in [9.17, 15) is 4.79 Å². The molecule has 0 radical (unpaired) electrons. The van der Waals surface area contributed by atoms with E-state index in [1.165, 1.54) is 5.69 Å². The van der Waals surface area contributed by atoms with E-state index in [2.05, 4.69) is 56.6 Å². The number of benzene rings is 1. The maximum atomic E-state index is 11.7. The lowest BCUT2D eigenvalue weighted by molar-refractivity contribution is -0.121. The van der Waals surface area contributed by atoms with E-state index < -0.39 is 0 Å². The zero-order valence-corrected chi connectivity index (χ0v) is 18.4. The second-order valence-corrected chi connectivity index (χ2v) is 6.52. The number of carbonyl (C=O) groups excluding carboxylic acids is 1. The Balaban J connectivity index is 0.00000338. The van der Waals surface area contributed by atoms with Crippen molar-refractivity contribution < 1.29 is 4.79 Å². The largest absolute Gasteiger partial charge is 0.368 e. The summed E-state index contributed by atoms with van der Waals surface area (Å²) in [5.41, 5.74) is 1.27. The number of carbonyl (C=O) groups is 1. The molecule has 1 aliphatic rings. The highest BCUT2D eigenvalue weighted by Crippen LogP contribution is 2.15. The Morgan fingerprint density at radius 1 is 1.15 bits per heavy atom. The summed E-state index contributed by atoms with van der Waals surface area (Å²) in [4.78, 5) is 21.1. The molecule has 146 valence electrons. The van der Waals surface area contributed by atoms with Crippen molar-refractivity contribution in [3.63, 3.8) is 0 Å². The Labute approximate surface area is 174 Å². The smallest absolute Gasteiger partial charge is 0.222 e. The highest BCUT2D eigenvalue weighted by atomic mass is 127. The first-order chi connectivity index (χ1) is 12.1. The maximum absolute atomic E-state index is 11.7. The van der Waals surface area contributed by atoms with Crippen LogP contribution in [0.15, 0.2) is 35.3 Å². The van der Waals surface area contributed by atoms with Gasteiger partial charge in [0, 0.05) is 50.9 Å². The van der Waals surface area contributed by atoms with E-state index in [1.807, 2.05) is 19.9 Å². The van der Waals surface area contributed by atoms with Crippen molar-refractivity contribution >= 4 is 41.5 Å². The Hall–Kier alpha value is -1.51. The van der Waals surface area contributed by atoms with Gasteiger partial charge in [0.1, 0.15) is 0 Å². The molecule has 1 saturated heterocycles. The summed E-state index contributed by atoms with van der Waals surface area (Å²) in [6, 6.07) is 10.7. The van der Waals surface area contributed by atoms with Crippen LogP contribution in [0.5, 0.6) is 0 Å². The standard InChI is InChI=1S/C19H31N5O.HI/c1-4-20-19(21-11-10-18(25)22-16(2)3)24-14-12-23(13-15-24)17-8-6-5-7-9-17;/h5-9,16H,4,10-15H2,1-3H3,(H,20,21)(H,22,25);1H. The molecule has 1 aromatic carbocycles. The Kier molecular flexibility index (Phi) is 10.4. The van der Waals surface area contributed by atoms with Gasteiger partial charge in [0.15, 0.2) is 5.96 Å². The average molecular weight is 473 g/mol. The van der Waals surface area contributed by atoms with Crippen molar-refractivity contribution in [1.82, 2.24) is 15.5 Å². The van der Waals surface area contributed by atoms with E-state index in [0.717, 1.165) is 38.7 Å². The lowest BCUT2D eigenvalue weighted by atomic mass is 10.2. The van der Waals surface area contributed by atoms with Crippen LogP contribution in [0.1, 0.15) is 27.2 Å². The average Bonchev–Trinajstić information content (AvgIpc) is 2.61. The van der Waals surface area contributed by atoms with E-state index in [-0.39, 0.29) is 35.9 Å². The SMILES string of the molecule is CCNC(=NCCC(=O)NC(C)C)N1CCN(c2ccccc2)CC1.I. The fourth-order valence-electron chi connectivity index (χ4n) is 2.90. The van der Waals surface area contributed by atoms with Crippen molar-refractivity contribution in [1.29, 1.82) is 0 Å². The van der Waals surface area contributed by atoms with Gasteiger partial charge in [0.25, 0.3) is 0 Å². The van der Waals surface area contributed by atoms with Crippen LogP contribution >= 0.6 is 24.0 Å². The zero-order valence-electron chi connectivity index (χ0n) is 16.1. The quantitative estimate of drug-likeness (QED) is 0.378. The first-order valence-electron chi connectivity index (χ1n) is 9.22. The van der Waals surface area contributed by atoms with Crippen LogP contribution in [0.3, 0.4) is 0 Å². The molecule has 1 heterocycles. The molecule has 26 heavy (non-hydrogen) atoms. The molecule has 7 heteroatoms. The molecule has 2 rings (SSSR count).